The molecule has 4 nitrogen and oxygen atoms in total. The van der Waals surface area contributed by atoms with Crippen molar-refractivity contribution in [3.8, 4) is 0 Å². The van der Waals surface area contributed by atoms with E-state index in [2.05, 4.69) is 17.1 Å². The Morgan fingerprint density at radius 3 is 2.50 bits per heavy atom. The molecule has 0 radical (unpaired) electrons. The van der Waals surface area contributed by atoms with E-state index in [-0.39, 0.29) is 16.8 Å². The van der Waals surface area contributed by atoms with Gasteiger partial charge in [0.15, 0.2) is 0 Å². The number of H-pyrrole nitrogens is 1. The summed E-state index contributed by atoms with van der Waals surface area (Å²) in [5.41, 5.74) is 2.29. The topological polar surface area (TPSA) is 51.3 Å². The fraction of sp³-hybridized carbons (Fsp3) is 0.421. The Bertz CT molecular complexity index is 895. The van der Waals surface area contributed by atoms with Gasteiger partial charge in [-0.25, -0.2) is 0 Å². The molecule has 0 amide bonds. The Balaban J connectivity index is 1.85. The van der Waals surface area contributed by atoms with E-state index in [9.17, 15) is 4.79 Å². The highest BCUT2D eigenvalue weighted by molar-refractivity contribution is 6.62. The van der Waals surface area contributed by atoms with Gasteiger partial charge in [-0.15, -0.1) is 0 Å². The molecule has 24 heavy (non-hydrogen) atoms. The summed E-state index contributed by atoms with van der Waals surface area (Å²) in [5, 5.41) is 1.68. The number of hydrogen-bond donors (Lipinski definition) is 1. The van der Waals surface area contributed by atoms with Gasteiger partial charge in [0.05, 0.1) is 11.2 Å². The summed E-state index contributed by atoms with van der Waals surface area (Å²) < 4.78 is 12.3. The fourth-order valence-electron chi connectivity index (χ4n) is 3.36. The van der Waals surface area contributed by atoms with Crippen molar-refractivity contribution in [3.05, 3.63) is 45.9 Å². The van der Waals surface area contributed by atoms with Crippen LogP contribution < -0.4 is 11.0 Å². The lowest BCUT2D eigenvalue weighted by Crippen LogP contribution is -2.41. The van der Waals surface area contributed by atoms with E-state index in [1.807, 2.05) is 45.9 Å². The molecule has 4 rings (SSSR count). The molecule has 1 aliphatic carbocycles. The first-order valence-electron chi connectivity index (χ1n) is 8.49. The number of fused-ring (bicyclic) bond motifs is 3. The largest absolute Gasteiger partial charge is 0.494 e. The standard InChI is InChI=1S/C19H22BNO3/c1-18(2)19(3,4)24-20(23-18)12-9-10-14-15(11-12)13-7-5-6-8-16(13)21-17(14)22/h5,7,9-11H,6,8H2,1-4H3,(H,21,22). The van der Waals surface area contributed by atoms with E-state index in [4.69, 9.17) is 9.31 Å². The second-order valence-corrected chi connectivity index (χ2v) is 7.68. The highest BCUT2D eigenvalue weighted by Crippen LogP contribution is 2.36. The van der Waals surface area contributed by atoms with Gasteiger partial charge in [-0.05, 0) is 57.5 Å². The third-order valence-corrected chi connectivity index (χ3v) is 5.54. The van der Waals surface area contributed by atoms with Gasteiger partial charge in [0, 0.05) is 16.6 Å². The minimum Gasteiger partial charge on any atom is -0.399 e. The molecule has 1 N–H and O–H groups in total. The Morgan fingerprint density at radius 2 is 1.79 bits per heavy atom. The highest BCUT2D eigenvalue weighted by atomic mass is 16.7. The molecule has 1 aliphatic heterocycles. The van der Waals surface area contributed by atoms with Crippen LogP contribution in [0.5, 0.6) is 0 Å². The maximum absolute atomic E-state index is 12.3. The first kappa shape index (κ1) is 15.7. The lowest BCUT2D eigenvalue weighted by atomic mass is 9.77. The Kier molecular flexibility index (Phi) is 3.31. The van der Waals surface area contributed by atoms with Crippen molar-refractivity contribution in [1.29, 1.82) is 0 Å². The highest BCUT2D eigenvalue weighted by Gasteiger charge is 2.51. The molecule has 2 heterocycles. The molecule has 1 aromatic heterocycles. The van der Waals surface area contributed by atoms with Crippen LogP contribution in [0.3, 0.4) is 0 Å². The average Bonchev–Trinajstić information content (AvgIpc) is 2.75. The summed E-state index contributed by atoms with van der Waals surface area (Å²) in [6, 6.07) is 5.84. The lowest BCUT2D eigenvalue weighted by molar-refractivity contribution is 0.00578. The monoisotopic (exact) mass is 323 g/mol. The molecule has 2 aromatic rings. The smallest absolute Gasteiger partial charge is 0.399 e. The summed E-state index contributed by atoms with van der Waals surface area (Å²) in [6.45, 7) is 8.18. The molecule has 0 unspecified atom stereocenters. The summed E-state index contributed by atoms with van der Waals surface area (Å²) in [7, 11) is -0.415. The van der Waals surface area contributed by atoms with Gasteiger partial charge in [-0.1, -0.05) is 24.3 Å². The van der Waals surface area contributed by atoms with Crippen LogP contribution in [-0.4, -0.2) is 23.3 Å². The zero-order chi connectivity index (χ0) is 17.1. The van der Waals surface area contributed by atoms with Crippen LogP contribution >= 0.6 is 0 Å². The Labute approximate surface area is 142 Å². The van der Waals surface area contributed by atoms with Crippen LogP contribution in [-0.2, 0) is 15.7 Å². The van der Waals surface area contributed by atoms with Crippen LogP contribution in [0.15, 0.2) is 29.1 Å². The minimum atomic E-state index is -0.415. The van der Waals surface area contributed by atoms with Crippen molar-refractivity contribution in [2.75, 3.05) is 0 Å². The summed E-state index contributed by atoms with van der Waals surface area (Å²) >= 11 is 0. The van der Waals surface area contributed by atoms with E-state index in [1.165, 1.54) is 0 Å². The Morgan fingerprint density at radius 1 is 1.08 bits per heavy atom. The van der Waals surface area contributed by atoms with Crippen LogP contribution in [0, 0.1) is 0 Å². The molecule has 2 aliphatic rings. The van der Waals surface area contributed by atoms with Gasteiger partial charge in [-0.2, -0.15) is 0 Å². The number of aromatic amines is 1. The molecular formula is C19H22BNO3. The summed E-state index contributed by atoms with van der Waals surface area (Å²) in [6.07, 6.45) is 6.09. The first-order valence-corrected chi connectivity index (χ1v) is 8.49. The normalized spacial score (nSPS) is 21.2. The summed E-state index contributed by atoms with van der Waals surface area (Å²) in [4.78, 5) is 15.4. The maximum atomic E-state index is 12.3. The van der Waals surface area contributed by atoms with Crippen LogP contribution in [0.4, 0.5) is 0 Å². The van der Waals surface area contributed by atoms with Crippen molar-refractivity contribution < 1.29 is 9.31 Å². The molecule has 0 atom stereocenters. The maximum Gasteiger partial charge on any atom is 0.494 e. The molecule has 5 heteroatoms. The number of aromatic nitrogens is 1. The molecule has 0 spiro atoms. The number of hydrogen-bond acceptors (Lipinski definition) is 3. The van der Waals surface area contributed by atoms with Gasteiger partial charge in [0.25, 0.3) is 5.56 Å². The van der Waals surface area contributed by atoms with E-state index < -0.39 is 7.12 Å². The first-order chi connectivity index (χ1) is 11.3. The number of allylic oxidation sites excluding steroid dienone is 1. The summed E-state index contributed by atoms with van der Waals surface area (Å²) in [5.74, 6) is 0. The second kappa shape index (κ2) is 5.07. The number of nitrogens with one attached hydrogen (secondary N) is 1. The SMILES string of the molecule is CC1(C)OB(c2ccc3c(=O)[nH]c4c(c3c2)C=CCC4)OC1(C)C. The van der Waals surface area contributed by atoms with Gasteiger partial charge in [0.1, 0.15) is 0 Å². The third-order valence-electron chi connectivity index (χ3n) is 5.54. The van der Waals surface area contributed by atoms with E-state index in [0.29, 0.717) is 5.39 Å². The van der Waals surface area contributed by atoms with Crippen LogP contribution in [0.2, 0.25) is 0 Å². The van der Waals surface area contributed by atoms with Crippen molar-refractivity contribution in [3.63, 3.8) is 0 Å². The zero-order valence-electron chi connectivity index (χ0n) is 14.6. The van der Waals surface area contributed by atoms with Crippen LogP contribution in [0.25, 0.3) is 16.8 Å². The molecule has 0 saturated carbocycles. The van der Waals surface area contributed by atoms with Gasteiger partial charge >= 0.3 is 7.12 Å². The molecule has 1 saturated heterocycles. The quantitative estimate of drug-likeness (QED) is 0.821. The van der Waals surface area contributed by atoms with Gasteiger partial charge in [-0.3, -0.25) is 4.79 Å². The zero-order valence-corrected chi connectivity index (χ0v) is 14.6. The minimum absolute atomic E-state index is 0.0282. The molecule has 0 bridgehead atoms. The average molecular weight is 323 g/mol. The Hall–Kier alpha value is -1.85. The number of benzene rings is 1. The third kappa shape index (κ3) is 2.26. The predicted octanol–water partition coefficient (Wildman–Crippen LogP) is 2.79. The molecular weight excluding hydrogens is 301 g/mol. The van der Waals surface area contributed by atoms with E-state index in [0.717, 1.165) is 34.9 Å². The molecule has 1 fully saturated rings. The van der Waals surface area contributed by atoms with Crippen molar-refractivity contribution in [2.24, 2.45) is 0 Å². The number of pyridine rings is 1. The van der Waals surface area contributed by atoms with E-state index in [1.54, 1.807) is 0 Å². The van der Waals surface area contributed by atoms with Gasteiger partial charge in [0.2, 0.25) is 0 Å². The lowest BCUT2D eigenvalue weighted by Gasteiger charge is -2.32. The fourth-order valence-corrected chi connectivity index (χ4v) is 3.36. The van der Waals surface area contributed by atoms with Gasteiger partial charge < -0.3 is 14.3 Å². The van der Waals surface area contributed by atoms with E-state index >= 15 is 0 Å². The predicted molar refractivity (Wildman–Crippen MR) is 97.6 cm³/mol. The van der Waals surface area contributed by atoms with Crippen molar-refractivity contribution >= 4 is 29.4 Å². The molecule has 1 aromatic carbocycles. The van der Waals surface area contributed by atoms with Crippen molar-refractivity contribution in [2.45, 2.75) is 51.7 Å². The van der Waals surface area contributed by atoms with Crippen molar-refractivity contribution in [1.82, 2.24) is 4.98 Å². The van der Waals surface area contributed by atoms with Crippen LogP contribution in [0.1, 0.15) is 45.4 Å². The number of rotatable bonds is 1. The number of aryl methyl sites for hydroxylation is 1. The molecule has 124 valence electrons. The second-order valence-electron chi connectivity index (χ2n) is 7.68.